The van der Waals surface area contributed by atoms with Crippen molar-refractivity contribution in [3.05, 3.63) is 24.3 Å². The van der Waals surface area contributed by atoms with E-state index >= 15 is 0 Å². The van der Waals surface area contributed by atoms with Crippen LogP contribution in [0.5, 0.6) is 5.75 Å². The Morgan fingerprint density at radius 2 is 1.84 bits per heavy atom. The number of guanidine groups is 1. The number of nitrogens with two attached hydrogens (primary N) is 1. The summed E-state index contributed by atoms with van der Waals surface area (Å²) in [5.74, 6) is -0.285. The van der Waals surface area contributed by atoms with Gasteiger partial charge in [-0.05, 0) is 51.9 Å². The van der Waals surface area contributed by atoms with Crippen molar-refractivity contribution >= 4 is 11.6 Å². The molecule has 5 nitrogen and oxygen atoms in total. The molecule has 1 aliphatic rings. The predicted octanol–water partition coefficient (Wildman–Crippen LogP) is 3.58. The van der Waals surface area contributed by atoms with Crippen LogP contribution in [-0.2, 0) is 0 Å². The highest BCUT2D eigenvalue weighted by atomic mass is 19.4. The van der Waals surface area contributed by atoms with Crippen LogP contribution < -0.4 is 15.8 Å². The van der Waals surface area contributed by atoms with Crippen LogP contribution in [0.2, 0.25) is 0 Å². The zero-order valence-corrected chi connectivity index (χ0v) is 14.6. The Bertz CT molecular complexity index is 596. The van der Waals surface area contributed by atoms with E-state index < -0.39 is 6.36 Å². The number of anilines is 1. The normalized spacial score (nSPS) is 17.4. The molecule has 0 aromatic heterocycles. The number of hydrogen-bond donors (Lipinski definition) is 2. The number of benzene rings is 1. The number of nitrogens with one attached hydrogen (secondary N) is 1. The summed E-state index contributed by atoms with van der Waals surface area (Å²) in [6, 6.07) is 5.73. The molecule has 1 aromatic carbocycles. The Kier molecular flexibility index (Phi) is 6.16. The maximum atomic E-state index is 12.5. The number of ether oxygens (including phenoxy) is 1. The van der Waals surface area contributed by atoms with Gasteiger partial charge in [0, 0.05) is 5.54 Å². The van der Waals surface area contributed by atoms with Crippen molar-refractivity contribution in [3.8, 4) is 5.75 Å². The van der Waals surface area contributed by atoms with Crippen molar-refractivity contribution in [3.63, 3.8) is 0 Å². The van der Waals surface area contributed by atoms with Crippen LogP contribution in [0.4, 0.5) is 18.9 Å². The molecule has 1 heterocycles. The van der Waals surface area contributed by atoms with Crippen molar-refractivity contribution in [2.75, 3.05) is 25.0 Å². The molecule has 25 heavy (non-hydrogen) atoms. The van der Waals surface area contributed by atoms with Crippen LogP contribution in [0.3, 0.4) is 0 Å². The molecule has 0 amide bonds. The van der Waals surface area contributed by atoms with Crippen LogP contribution in [-0.4, -0.2) is 42.4 Å². The number of halogens is 3. The molecule has 0 unspecified atom stereocenters. The highest BCUT2D eigenvalue weighted by Crippen LogP contribution is 2.29. The summed E-state index contributed by atoms with van der Waals surface area (Å²) in [4.78, 5) is 6.68. The Morgan fingerprint density at radius 1 is 1.20 bits per heavy atom. The molecule has 8 heteroatoms. The predicted molar refractivity (Wildman–Crippen MR) is 92.7 cm³/mol. The number of para-hydroxylation sites is 2. The van der Waals surface area contributed by atoms with E-state index in [4.69, 9.17) is 5.73 Å². The summed E-state index contributed by atoms with van der Waals surface area (Å²) in [5.41, 5.74) is 5.82. The molecule has 0 aliphatic carbocycles. The molecule has 0 bridgehead atoms. The van der Waals surface area contributed by atoms with Gasteiger partial charge in [-0.3, -0.25) is 9.89 Å². The fourth-order valence-electron chi connectivity index (χ4n) is 2.84. The summed E-state index contributed by atoms with van der Waals surface area (Å²) in [5, 5.41) is 2.69. The highest BCUT2D eigenvalue weighted by molar-refractivity contribution is 5.93. The van der Waals surface area contributed by atoms with Crippen molar-refractivity contribution in [1.29, 1.82) is 0 Å². The number of alkyl halides is 3. The Balaban J connectivity index is 2.01. The summed E-state index contributed by atoms with van der Waals surface area (Å²) in [6.45, 7) is 6.69. The maximum absolute atomic E-state index is 12.5. The molecule has 0 spiro atoms. The largest absolute Gasteiger partial charge is 0.573 e. The molecule has 2 rings (SSSR count). The molecule has 140 valence electrons. The van der Waals surface area contributed by atoms with Crippen molar-refractivity contribution in [2.24, 2.45) is 10.7 Å². The minimum atomic E-state index is -4.76. The maximum Gasteiger partial charge on any atom is 0.573 e. The smallest absolute Gasteiger partial charge is 0.404 e. The standard InChI is InChI=1S/C17H25F3N4O/c1-16(2,24-10-6-3-7-11-24)12-22-15(21)23-13-8-4-5-9-14(13)25-17(18,19)20/h4-5,8-9H,3,6-7,10-12H2,1-2H3,(H3,21,22,23). The Morgan fingerprint density at radius 3 is 2.48 bits per heavy atom. The number of rotatable bonds is 5. The first-order chi connectivity index (χ1) is 11.7. The third-order valence-electron chi connectivity index (χ3n) is 4.22. The van der Waals surface area contributed by atoms with E-state index in [0.717, 1.165) is 13.1 Å². The minimum absolute atomic E-state index is 0.0586. The van der Waals surface area contributed by atoms with E-state index in [1.54, 1.807) is 6.07 Å². The zero-order valence-electron chi connectivity index (χ0n) is 14.6. The van der Waals surface area contributed by atoms with E-state index in [0.29, 0.717) is 6.54 Å². The number of piperidine rings is 1. The van der Waals surface area contributed by atoms with Gasteiger partial charge in [-0.1, -0.05) is 18.6 Å². The molecular weight excluding hydrogens is 333 g/mol. The van der Waals surface area contributed by atoms with Crippen LogP contribution in [0.15, 0.2) is 29.3 Å². The molecule has 0 radical (unpaired) electrons. The third-order valence-corrected chi connectivity index (χ3v) is 4.22. The molecule has 1 aromatic rings. The van der Waals surface area contributed by atoms with Crippen molar-refractivity contribution < 1.29 is 17.9 Å². The number of likely N-dealkylation sites (tertiary alicyclic amines) is 1. The first-order valence-corrected chi connectivity index (χ1v) is 8.34. The van der Waals surface area contributed by atoms with Crippen LogP contribution in [0.1, 0.15) is 33.1 Å². The van der Waals surface area contributed by atoms with Gasteiger partial charge in [0.15, 0.2) is 11.7 Å². The van der Waals surface area contributed by atoms with E-state index in [1.807, 2.05) is 0 Å². The average Bonchev–Trinajstić information content (AvgIpc) is 2.54. The van der Waals surface area contributed by atoms with E-state index in [-0.39, 0.29) is 22.9 Å². The quantitative estimate of drug-likeness (QED) is 0.624. The van der Waals surface area contributed by atoms with Crippen molar-refractivity contribution in [2.45, 2.75) is 45.0 Å². The van der Waals surface area contributed by atoms with Gasteiger partial charge in [0.2, 0.25) is 0 Å². The fraction of sp³-hybridized carbons (Fsp3) is 0.588. The van der Waals surface area contributed by atoms with Crippen molar-refractivity contribution in [1.82, 2.24) is 4.90 Å². The van der Waals surface area contributed by atoms with E-state index in [9.17, 15) is 13.2 Å². The minimum Gasteiger partial charge on any atom is -0.404 e. The van der Waals surface area contributed by atoms with E-state index in [1.165, 1.54) is 37.5 Å². The number of aliphatic imine (C=N–C) groups is 1. The molecule has 0 atom stereocenters. The van der Waals surface area contributed by atoms with Gasteiger partial charge >= 0.3 is 6.36 Å². The van der Waals surface area contributed by atoms with Gasteiger partial charge in [0.25, 0.3) is 0 Å². The Hall–Kier alpha value is -1.96. The number of hydrogen-bond acceptors (Lipinski definition) is 3. The second-order valence-electron chi connectivity index (χ2n) is 6.73. The third kappa shape index (κ3) is 6.12. The van der Waals surface area contributed by atoms with Crippen LogP contribution >= 0.6 is 0 Å². The highest BCUT2D eigenvalue weighted by Gasteiger charge is 2.32. The molecule has 1 aliphatic heterocycles. The SMILES string of the molecule is CC(C)(CN=C(N)Nc1ccccc1OC(F)(F)F)N1CCCCC1. The second-order valence-corrected chi connectivity index (χ2v) is 6.73. The topological polar surface area (TPSA) is 62.9 Å². The molecule has 3 N–H and O–H groups in total. The first-order valence-electron chi connectivity index (χ1n) is 8.34. The van der Waals surface area contributed by atoms with Gasteiger partial charge in [-0.15, -0.1) is 13.2 Å². The zero-order chi connectivity index (χ0) is 18.5. The summed E-state index contributed by atoms with van der Waals surface area (Å²) in [7, 11) is 0. The van der Waals surface area contributed by atoms with Gasteiger partial charge < -0.3 is 15.8 Å². The molecule has 0 saturated carbocycles. The van der Waals surface area contributed by atoms with Gasteiger partial charge in [0.05, 0.1) is 12.2 Å². The van der Waals surface area contributed by atoms with Gasteiger partial charge in [-0.25, -0.2) is 0 Å². The summed E-state index contributed by atoms with van der Waals surface area (Å²) in [6.07, 6.45) is -1.18. The van der Waals surface area contributed by atoms with Crippen LogP contribution in [0.25, 0.3) is 0 Å². The first kappa shape index (κ1) is 19.4. The van der Waals surface area contributed by atoms with Gasteiger partial charge in [-0.2, -0.15) is 0 Å². The average molecular weight is 358 g/mol. The van der Waals surface area contributed by atoms with E-state index in [2.05, 4.69) is 33.8 Å². The lowest BCUT2D eigenvalue weighted by molar-refractivity contribution is -0.274. The number of nitrogens with zero attached hydrogens (tertiary/aromatic N) is 2. The fourth-order valence-corrected chi connectivity index (χ4v) is 2.84. The monoisotopic (exact) mass is 358 g/mol. The Labute approximate surface area is 146 Å². The lowest BCUT2D eigenvalue weighted by Crippen LogP contribution is -2.49. The second kappa shape index (κ2) is 7.95. The molecule has 1 fully saturated rings. The summed E-state index contributed by atoms with van der Waals surface area (Å²) >= 11 is 0. The molecular formula is C17H25F3N4O. The molecule has 1 saturated heterocycles. The summed E-state index contributed by atoms with van der Waals surface area (Å²) < 4.78 is 41.3. The van der Waals surface area contributed by atoms with Crippen LogP contribution in [0, 0.1) is 0 Å². The van der Waals surface area contributed by atoms with Gasteiger partial charge in [0.1, 0.15) is 0 Å². The lowest BCUT2D eigenvalue weighted by Gasteiger charge is -2.40. The lowest BCUT2D eigenvalue weighted by atomic mass is 9.99.